The van der Waals surface area contributed by atoms with E-state index in [9.17, 15) is 9.59 Å². The van der Waals surface area contributed by atoms with Crippen LogP contribution in [0, 0.1) is 20.8 Å². The summed E-state index contributed by atoms with van der Waals surface area (Å²) in [5.74, 6) is 1.13. The number of carbonyl (C=O) groups is 2. The predicted molar refractivity (Wildman–Crippen MR) is 139 cm³/mol. The van der Waals surface area contributed by atoms with Gasteiger partial charge in [-0.25, -0.2) is 4.98 Å². The fourth-order valence-electron chi connectivity index (χ4n) is 3.40. The van der Waals surface area contributed by atoms with E-state index in [2.05, 4.69) is 33.1 Å². The summed E-state index contributed by atoms with van der Waals surface area (Å²) >= 11 is 2.42. The van der Waals surface area contributed by atoms with Gasteiger partial charge in [-0.15, -0.1) is 16.8 Å². The van der Waals surface area contributed by atoms with Crippen molar-refractivity contribution in [2.24, 2.45) is 0 Å². The number of hydrogen-bond acceptors (Lipinski definition) is 8. The maximum Gasteiger partial charge on any atom is 0.265 e. The Morgan fingerprint density at radius 3 is 2.54 bits per heavy atom. The Morgan fingerprint density at radius 1 is 1.23 bits per heavy atom. The molecule has 0 saturated carbocycles. The zero-order valence-corrected chi connectivity index (χ0v) is 22.4. The first-order chi connectivity index (χ1) is 16.6. The molecule has 0 saturated heterocycles. The summed E-state index contributed by atoms with van der Waals surface area (Å²) in [5, 5.41) is 12.3. The van der Waals surface area contributed by atoms with Crippen LogP contribution in [0.1, 0.15) is 45.3 Å². The number of thiazole rings is 1. The molecule has 1 aromatic carbocycles. The van der Waals surface area contributed by atoms with E-state index in [1.54, 1.807) is 27.1 Å². The first kappa shape index (κ1) is 26.4. The minimum absolute atomic E-state index is 0.108. The van der Waals surface area contributed by atoms with E-state index < -0.39 is 0 Å². The summed E-state index contributed by atoms with van der Waals surface area (Å²) in [6, 6.07) is 6.05. The van der Waals surface area contributed by atoms with Crippen LogP contribution in [0.15, 0.2) is 36.0 Å². The Kier molecular flexibility index (Phi) is 8.68. The maximum absolute atomic E-state index is 12.6. The van der Waals surface area contributed by atoms with E-state index in [0.29, 0.717) is 33.2 Å². The average molecular weight is 515 g/mol. The number of thioether (sulfide) groups is 1. The highest BCUT2D eigenvalue weighted by Crippen LogP contribution is 2.27. The van der Waals surface area contributed by atoms with E-state index in [1.165, 1.54) is 16.7 Å². The minimum atomic E-state index is -0.349. The second-order valence-corrected chi connectivity index (χ2v) is 10.2. The molecule has 0 radical (unpaired) electrons. The van der Waals surface area contributed by atoms with Crippen molar-refractivity contribution in [2.45, 2.75) is 45.5 Å². The number of nitrogens with zero attached hydrogens (tertiary/aromatic N) is 5. The van der Waals surface area contributed by atoms with Gasteiger partial charge < -0.3 is 15.0 Å². The van der Waals surface area contributed by atoms with Crippen molar-refractivity contribution >= 4 is 40.0 Å². The Bertz CT molecular complexity index is 1210. The number of aromatic nitrogens is 4. The van der Waals surface area contributed by atoms with E-state index in [1.807, 2.05) is 37.5 Å². The summed E-state index contributed by atoms with van der Waals surface area (Å²) < 4.78 is 8.02. The SMILES string of the molecule is C=CCn1c(SCC(=O)Nc2nc(C)c(C(=O)N(C)C)s2)nnc1C(C)Oc1cc(C)cc(C)c1. The topological polar surface area (TPSA) is 102 Å². The van der Waals surface area contributed by atoms with Crippen molar-refractivity contribution in [2.75, 3.05) is 25.2 Å². The van der Waals surface area contributed by atoms with Gasteiger partial charge in [0.1, 0.15) is 10.6 Å². The summed E-state index contributed by atoms with van der Waals surface area (Å²) in [7, 11) is 3.36. The van der Waals surface area contributed by atoms with Crippen LogP contribution in [-0.2, 0) is 11.3 Å². The standard InChI is InChI=1S/C24H30N6O3S2/c1-8-9-30-21(17(5)33-18-11-14(2)10-15(3)12-18)27-28-24(30)34-13-19(31)26-23-25-16(4)20(35-23)22(32)29(6)7/h8,10-12,17H,1,9,13H2,2-7H3,(H,25,26,31). The van der Waals surface area contributed by atoms with Crippen LogP contribution < -0.4 is 10.1 Å². The number of carbonyl (C=O) groups excluding carboxylic acids is 2. The molecule has 2 aromatic heterocycles. The van der Waals surface area contributed by atoms with E-state index in [0.717, 1.165) is 28.2 Å². The van der Waals surface area contributed by atoms with Crippen molar-refractivity contribution in [3.8, 4) is 5.75 Å². The fraction of sp³-hybridized carbons (Fsp3) is 0.375. The van der Waals surface area contributed by atoms with Gasteiger partial charge in [-0.2, -0.15) is 0 Å². The molecule has 3 rings (SSSR count). The van der Waals surface area contributed by atoms with E-state index in [-0.39, 0.29) is 23.7 Å². The molecule has 9 nitrogen and oxygen atoms in total. The molecule has 0 aliphatic carbocycles. The Labute approximate surface area is 213 Å². The molecule has 2 heterocycles. The van der Waals surface area contributed by atoms with Gasteiger partial charge in [-0.1, -0.05) is 35.2 Å². The van der Waals surface area contributed by atoms with Crippen molar-refractivity contribution < 1.29 is 14.3 Å². The number of amides is 2. The largest absolute Gasteiger partial charge is 0.483 e. The lowest BCUT2D eigenvalue weighted by molar-refractivity contribution is -0.113. The number of rotatable bonds is 10. The number of hydrogen-bond donors (Lipinski definition) is 1. The van der Waals surface area contributed by atoms with Crippen molar-refractivity contribution in [3.63, 3.8) is 0 Å². The van der Waals surface area contributed by atoms with E-state index in [4.69, 9.17) is 4.74 Å². The Hall–Kier alpha value is -3.18. The van der Waals surface area contributed by atoms with Gasteiger partial charge in [-0.3, -0.25) is 14.2 Å². The van der Waals surface area contributed by atoms with Crippen LogP contribution in [0.5, 0.6) is 5.75 Å². The smallest absolute Gasteiger partial charge is 0.265 e. The lowest BCUT2D eigenvalue weighted by Crippen LogP contribution is -2.21. The summed E-state index contributed by atoms with van der Waals surface area (Å²) in [5.41, 5.74) is 2.83. The highest BCUT2D eigenvalue weighted by Gasteiger charge is 2.21. The number of anilines is 1. The molecule has 1 atom stereocenters. The fourth-order valence-corrected chi connectivity index (χ4v) is 5.16. The minimum Gasteiger partial charge on any atom is -0.483 e. The molecule has 1 N–H and O–H groups in total. The monoisotopic (exact) mass is 514 g/mol. The van der Waals surface area contributed by atoms with Crippen LogP contribution in [0.3, 0.4) is 0 Å². The first-order valence-corrected chi connectivity index (χ1v) is 12.8. The van der Waals surface area contributed by atoms with Gasteiger partial charge in [0.05, 0.1) is 11.4 Å². The number of nitrogens with one attached hydrogen (secondary N) is 1. The van der Waals surface area contributed by atoms with E-state index >= 15 is 0 Å². The summed E-state index contributed by atoms with van der Waals surface area (Å²) in [4.78, 5) is 31.1. The molecule has 3 aromatic rings. The third-order valence-corrected chi connectivity index (χ3v) is 6.93. The Balaban J connectivity index is 1.67. The zero-order chi connectivity index (χ0) is 25.7. The van der Waals surface area contributed by atoms with Crippen molar-refractivity contribution in [1.82, 2.24) is 24.6 Å². The van der Waals surface area contributed by atoms with Crippen LogP contribution in [0.4, 0.5) is 5.13 Å². The molecule has 2 amide bonds. The van der Waals surface area contributed by atoms with Gasteiger partial charge in [0.15, 0.2) is 22.2 Å². The second kappa shape index (κ2) is 11.5. The third kappa shape index (κ3) is 6.70. The lowest BCUT2D eigenvalue weighted by atomic mass is 10.1. The molecule has 0 aliphatic rings. The molecule has 35 heavy (non-hydrogen) atoms. The maximum atomic E-state index is 12.6. The average Bonchev–Trinajstić information content (AvgIpc) is 3.34. The van der Waals surface area contributed by atoms with Crippen LogP contribution in [0.25, 0.3) is 0 Å². The van der Waals surface area contributed by atoms with Gasteiger partial charge in [0.25, 0.3) is 5.91 Å². The summed E-state index contributed by atoms with van der Waals surface area (Å²) in [6.07, 6.45) is 1.40. The van der Waals surface area contributed by atoms with Crippen LogP contribution in [-0.4, -0.2) is 56.3 Å². The molecular weight excluding hydrogens is 484 g/mol. The summed E-state index contributed by atoms with van der Waals surface area (Å²) in [6.45, 7) is 12.0. The third-order valence-electron chi connectivity index (χ3n) is 4.90. The van der Waals surface area contributed by atoms with Gasteiger partial charge in [0.2, 0.25) is 5.91 Å². The number of aryl methyl sites for hydroxylation is 3. The highest BCUT2D eigenvalue weighted by molar-refractivity contribution is 7.99. The first-order valence-electron chi connectivity index (χ1n) is 11.0. The number of benzene rings is 1. The molecule has 0 spiro atoms. The quantitative estimate of drug-likeness (QED) is 0.316. The van der Waals surface area contributed by atoms with Gasteiger partial charge >= 0.3 is 0 Å². The van der Waals surface area contributed by atoms with Crippen LogP contribution in [0.2, 0.25) is 0 Å². The molecule has 0 aliphatic heterocycles. The normalized spacial score (nSPS) is 11.7. The number of allylic oxidation sites excluding steroid dienone is 1. The number of ether oxygens (including phenoxy) is 1. The van der Waals surface area contributed by atoms with Gasteiger partial charge in [-0.05, 0) is 51.0 Å². The van der Waals surface area contributed by atoms with Crippen molar-refractivity contribution in [3.05, 3.63) is 58.4 Å². The lowest BCUT2D eigenvalue weighted by Gasteiger charge is -2.16. The molecule has 1 unspecified atom stereocenters. The molecule has 11 heteroatoms. The zero-order valence-electron chi connectivity index (χ0n) is 20.8. The molecular formula is C24H30N6O3S2. The van der Waals surface area contributed by atoms with Crippen LogP contribution >= 0.6 is 23.1 Å². The van der Waals surface area contributed by atoms with Crippen molar-refractivity contribution in [1.29, 1.82) is 0 Å². The van der Waals surface area contributed by atoms with Gasteiger partial charge in [0, 0.05) is 20.6 Å². The molecule has 0 bridgehead atoms. The second-order valence-electron chi connectivity index (χ2n) is 8.29. The molecule has 186 valence electrons. The molecule has 0 fully saturated rings. The highest BCUT2D eigenvalue weighted by atomic mass is 32.2. The Morgan fingerprint density at radius 2 is 1.91 bits per heavy atom. The predicted octanol–water partition coefficient (Wildman–Crippen LogP) is 4.42.